The van der Waals surface area contributed by atoms with Crippen LogP contribution >= 0.6 is 0 Å². The van der Waals surface area contributed by atoms with Gasteiger partial charge in [0.2, 0.25) is 0 Å². The summed E-state index contributed by atoms with van der Waals surface area (Å²) in [6, 6.07) is 0.365. The Morgan fingerprint density at radius 2 is 2.00 bits per heavy atom. The second-order valence-corrected chi connectivity index (χ2v) is 7.71. The maximum Gasteiger partial charge on any atom is 0.281 e. The molecular weight excluding hydrogens is 262 g/mol. The molecular formula is C13H29N3O2S. The van der Waals surface area contributed by atoms with Crippen LogP contribution in [0.25, 0.3) is 0 Å². The summed E-state index contributed by atoms with van der Waals surface area (Å²) in [5, 5.41) is 3.40. The van der Waals surface area contributed by atoms with Crippen LogP contribution in [0.5, 0.6) is 0 Å². The lowest BCUT2D eigenvalue weighted by atomic mass is 9.93. The van der Waals surface area contributed by atoms with Gasteiger partial charge in [-0.3, -0.25) is 0 Å². The van der Waals surface area contributed by atoms with Crippen LogP contribution in [0, 0.1) is 5.92 Å². The van der Waals surface area contributed by atoms with Crippen LogP contribution in [0.3, 0.4) is 0 Å². The minimum atomic E-state index is -3.30. The number of rotatable bonds is 6. The summed E-state index contributed by atoms with van der Waals surface area (Å²) in [6.07, 6.45) is 2.05. The summed E-state index contributed by atoms with van der Waals surface area (Å²) in [7, 11) is -1.64. The molecule has 0 aliphatic carbocycles. The molecule has 0 spiro atoms. The van der Waals surface area contributed by atoms with Gasteiger partial charge in [0.1, 0.15) is 0 Å². The average molecular weight is 291 g/mol. The fourth-order valence-corrected chi connectivity index (χ4v) is 4.17. The lowest BCUT2D eigenvalue weighted by molar-refractivity contribution is 0.213. The molecule has 0 bridgehead atoms. The van der Waals surface area contributed by atoms with Crippen LogP contribution < -0.4 is 5.32 Å². The molecule has 5 nitrogen and oxygen atoms in total. The van der Waals surface area contributed by atoms with Crippen molar-refractivity contribution in [2.24, 2.45) is 5.92 Å². The van der Waals surface area contributed by atoms with Gasteiger partial charge in [-0.2, -0.15) is 17.0 Å². The molecule has 0 radical (unpaired) electrons. The van der Waals surface area contributed by atoms with Crippen molar-refractivity contribution < 1.29 is 8.42 Å². The maximum absolute atomic E-state index is 12.5. The number of piperidine rings is 1. The van der Waals surface area contributed by atoms with E-state index >= 15 is 0 Å². The van der Waals surface area contributed by atoms with Crippen molar-refractivity contribution in [2.45, 2.75) is 52.6 Å². The fraction of sp³-hybridized carbons (Fsp3) is 1.00. The van der Waals surface area contributed by atoms with Gasteiger partial charge in [0.15, 0.2) is 0 Å². The molecule has 1 rings (SSSR count). The Morgan fingerprint density at radius 3 is 2.53 bits per heavy atom. The molecule has 0 aromatic rings. The van der Waals surface area contributed by atoms with E-state index in [1.54, 1.807) is 11.4 Å². The van der Waals surface area contributed by atoms with Crippen molar-refractivity contribution >= 4 is 10.2 Å². The Labute approximate surface area is 118 Å². The van der Waals surface area contributed by atoms with Crippen LogP contribution in [0.15, 0.2) is 0 Å². The maximum atomic E-state index is 12.5. The van der Waals surface area contributed by atoms with Crippen LogP contribution in [0.4, 0.5) is 0 Å². The molecule has 0 saturated carbocycles. The molecule has 6 heteroatoms. The molecule has 1 aliphatic heterocycles. The highest BCUT2D eigenvalue weighted by molar-refractivity contribution is 7.86. The summed E-state index contributed by atoms with van der Waals surface area (Å²) in [6.45, 7) is 10.2. The van der Waals surface area contributed by atoms with Crippen LogP contribution in [0.1, 0.15) is 40.5 Å². The van der Waals surface area contributed by atoms with Gasteiger partial charge in [0, 0.05) is 32.2 Å². The first-order valence-electron chi connectivity index (χ1n) is 7.27. The van der Waals surface area contributed by atoms with Crippen LogP contribution in [-0.4, -0.2) is 55.8 Å². The molecule has 0 aromatic carbocycles. The van der Waals surface area contributed by atoms with E-state index in [2.05, 4.69) is 19.2 Å². The Hall–Kier alpha value is -0.170. The molecule has 1 heterocycles. The third-order valence-corrected chi connectivity index (χ3v) is 6.20. The highest BCUT2D eigenvalue weighted by Crippen LogP contribution is 2.23. The first kappa shape index (κ1) is 16.9. The second kappa shape index (κ2) is 7.02. The van der Waals surface area contributed by atoms with Gasteiger partial charge in [0.25, 0.3) is 10.2 Å². The number of hydrogen-bond acceptors (Lipinski definition) is 3. The van der Waals surface area contributed by atoms with Crippen molar-refractivity contribution in [3.05, 3.63) is 0 Å². The van der Waals surface area contributed by atoms with Crippen molar-refractivity contribution in [1.29, 1.82) is 0 Å². The highest BCUT2D eigenvalue weighted by atomic mass is 32.2. The molecule has 1 saturated heterocycles. The molecule has 1 N–H and O–H groups in total. The van der Waals surface area contributed by atoms with E-state index in [0.717, 1.165) is 19.4 Å². The molecule has 0 amide bonds. The van der Waals surface area contributed by atoms with Crippen LogP contribution in [0.2, 0.25) is 0 Å². The molecule has 114 valence electrons. The van der Waals surface area contributed by atoms with Gasteiger partial charge in [-0.05, 0) is 46.1 Å². The summed E-state index contributed by atoms with van der Waals surface area (Å²) in [5.74, 6) is 0.407. The first-order chi connectivity index (χ1) is 8.80. The van der Waals surface area contributed by atoms with E-state index in [9.17, 15) is 8.42 Å². The van der Waals surface area contributed by atoms with E-state index in [1.165, 1.54) is 4.31 Å². The average Bonchev–Trinajstić information content (AvgIpc) is 2.38. The van der Waals surface area contributed by atoms with Crippen molar-refractivity contribution in [3.8, 4) is 0 Å². The van der Waals surface area contributed by atoms with E-state index in [4.69, 9.17) is 0 Å². The fourth-order valence-electron chi connectivity index (χ4n) is 2.53. The van der Waals surface area contributed by atoms with E-state index in [1.807, 2.05) is 13.8 Å². The standard InChI is InChI=1S/C13H29N3O2S/c1-6-14-12(4)13-8-7-9-16(10-13)19(17,18)15(5)11(2)3/h11-14H,6-10H2,1-5H3. The zero-order valence-corrected chi connectivity index (χ0v) is 13.7. The van der Waals surface area contributed by atoms with Gasteiger partial charge < -0.3 is 5.32 Å². The van der Waals surface area contributed by atoms with E-state index in [0.29, 0.717) is 25.0 Å². The number of nitrogens with one attached hydrogen (secondary N) is 1. The Bertz CT molecular complexity index is 370. The van der Waals surface area contributed by atoms with Crippen molar-refractivity contribution in [3.63, 3.8) is 0 Å². The Kier molecular flexibility index (Phi) is 6.23. The summed E-state index contributed by atoms with van der Waals surface area (Å²) < 4.78 is 28.1. The van der Waals surface area contributed by atoms with Gasteiger partial charge >= 0.3 is 0 Å². The quantitative estimate of drug-likeness (QED) is 0.802. The third kappa shape index (κ3) is 4.15. The van der Waals surface area contributed by atoms with Crippen molar-refractivity contribution in [1.82, 2.24) is 13.9 Å². The van der Waals surface area contributed by atoms with Crippen LogP contribution in [-0.2, 0) is 10.2 Å². The molecule has 2 unspecified atom stereocenters. The number of nitrogens with zero attached hydrogens (tertiary/aromatic N) is 2. The van der Waals surface area contributed by atoms with Gasteiger partial charge in [-0.25, -0.2) is 0 Å². The van der Waals surface area contributed by atoms with Gasteiger partial charge in [-0.15, -0.1) is 0 Å². The van der Waals surface area contributed by atoms with Gasteiger partial charge in [0.05, 0.1) is 0 Å². The predicted molar refractivity (Wildman–Crippen MR) is 79.3 cm³/mol. The largest absolute Gasteiger partial charge is 0.314 e. The number of hydrogen-bond donors (Lipinski definition) is 1. The van der Waals surface area contributed by atoms with E-state index < -0.39 is 10.2 Å². The summed E-state index contributed by atoms with van der Waals surface area (Å²) in [4.78, 5) is 0. The highest BCUT2D eigenvalue weighted by Gasteiger charge is 2.34. The summed E-state index contributed by atoms with van der Waals surface area (Å²) in [5.41, 5.74) is 0. The zero-order valence-electron chi connectivity index (χ0n) is 12.9. The minimum Gasteiger partial charge on any atom is -0.314 e. The lowest BCUT2D eigenvalue weighted by Gasteiger charge is -2.37. The van der Waals surface area contributed by atoms with Crippen molar-refractivity contribution in [2.75, 3.05) is 26.7 Å². The lowest BCUT2D eigenvalue weighted by Crippen LogP contribution is -2.51. The zero-order chi connectivity index (χ0) is 14.6. The Balaban J connectivity index is 2.74. The monoisotopic (exact) mass is 291 g/mol. The smallest absolute Gasteiger partial charge is 0.281 e. The van der Waals surface area contributed by atoms with E-state index in [-0.39, 0.29) is 6.04 Å². The molecule has 19 heavy (non-hydrogen) atoms. The molecule has 1 aliphatic rings. The SMILES string of the molecule is CCNC(C)C1CCCN(S(=O)(=O)N(C)C(C)C)C1. The Morgan fingerprint density at radius 1 is 1.37 bits per heavy atom. The molecule has 1 fully saturated rings. The molecule has 0 aromatic heterocycles. The van der Waals surface area contributed by atoms with Gasteiger partial charge in [-0.1, -0.05) is 6.92 Å². The topological polar surface area (TPSA) is 52.7 Å². The normalized spacial score (nSPS) is 24.1. The predicted octanol–water partition coefficient (Wildman–Crippen LogP) is 1.28. The third-order valence-electron chi connectivity index (χ3n) is 4.07. The summed E-state index contributed by atoms with van der Waals surface area (Å²) >= 11 is 0. The minimum absolute atomic E-state index is 0.00318. The first-order valence-corrected chi connectivity index (χ1v) is 8.66. The second-order valence-electron chi connectivity index (χ2n) is 5.72. The molecule has 2 atom stereocenters.